The molecule has 0 amide bonds. The lowest BCUT2D eigenvalue weighted by Crippen LogP contribution is -2.01. The third-order valence-corrected chi connectivity index (χ3v) is 4.04. The molecule has 0 aliphatic carbocycles. The Bertz CT molecular complexity index is 612. The first-order valence-electron chi connectivity index (χ1n) is 5.57. The molecule has 5 heteroatoms. The van der Waals surface area contributed by atoms with Crippen LogP contribution in [0.15, 0.2) is 21.1 Å². The van der Waals surface area contributed by atoms with Crippen LogP contribution in [0.4, 0.5) is 5.82 Å². The van der Waals surface area contributed by atoms with Crippen molar-refractivity contribution in [1.82, 2.24) is 4.98 Å². The average molecular weight is 374 g/mol. The normalized spacial score (nSPS) is 11.2. The summed E-state index contributed by atoms with van der Waals surface area (Å²) in [4.78, 5) is 4.48. The molecule has 0 saturated carbocycles. The van der Waals surface area contributed by atoms with Crippen LogP contribution in [0.3, 0.4) is 0 Å². The molecule has 0 spiro atoms. The summed E-state index contributed by atoms with van der Waals surface area (Å²) < 4.78 is 7.23. The van der Waals surface area contributed by atoms with E-state index in [9.17, 15) is 0 Å². The van der Waals surface area contributed by atoms with E-state index in [2.05, 4.69) is 56.8 Å². The molecule has 1 aromatic carbocycles. The minimum Gasteiger partial charge on any atom is -0.495 e. The van der Waals surface area contributed by atoms with Gasteiger partial charge in [-0.25, -0.2) is 4.98 Å². The molecule has 96 valence electrons. The van der Waals surface area contributed by atoms with Gasteiger partial charge in [-0.15, -0.1) is 0 Å². The van der Waals surface area contributed by atoms with Crippen molar-refractivity contribution in [3.8, 4) is 5.75 Å². The summed E-state index contributed by atoms with van der Waals surface area (Å²) in [5, 5.41) is 0.955. The third-order valence-electron chi connectivity index (χ3n) is 2.85. The van der Waals surface area contributed by atoms with Crippen LogP contribution in [0.5, 0.6) is 5.75 Å². The molecular formula is C13H14Br2N2O. The molecule has 2 N–H and O–H groups in total. The van der Waals surface area contributed by atoms with E-state index in [0.717, 1.165) is 31.2 Å². The Hall–Kier alpha value is -0.810. The zero-order valence-corrected chi connectivity index (χ0v) is 13.6. The highest BCUT2D eigenvalue weighted by Crippen LogP contribution is 2.39. The minimum absolute atomic E-state index is 0.323. The molecule has 0 atom stereocenters. The fourth-order valence-electron chi connectivity index (χ4n) is 1.94. The van der Waals surface area contributed by atoms with E-state index in [1.807, 2.05) is 6.07 Å². The van der Waals surface area contributed by atoms with Crippen LogP contribution >= 0.6 is 31.9 Å². The highest BCUT2D eigenvalue weighted by molar-refractivity contribution is 9.11. The monoisotopic (exact) mass is 372 g/mol. The van der Waals surface area contributed by atoms with Gasteiger partial charge in [0.1, 0.15) is 11.6 Å². The van der Waals surface area contributed by atoms with Crippen molar-refractivity contribution in [3.05, 3.63) is 26.6 Å². The Morgan fingerprint density at radius 1 is 1.22 bits per heavy atom. The molecule has 2 rings (SSSR count). The van der Waals surface area contributed by atoms with E-state index in [1.54, 1.807) is 7.11 Å². The second-order valence-electron chi connectivity index (χ2n) is 4.39. The third kappa shape index (κ3) is 2.21. The van der Waals surface area contributed by atoms with Crippen molar-refractivity contribution in [1.29, 1.82) is 0 Å². The van der Waals surface area contributed by atoms with Crippen molar-refractivity contribution in [2.75, 3.05) is 12.8 Å². The number of fused-ring (bicyclic) bond motifs is 1. The Balaban J connectivity index is 2.88. The first-order chi connectivity index (χ1) is 8.45. The van der Waals surface area contributed by atoms with E-state index >= 15 is 0 Å². The van der Waals surface area contributed by atoms with Gasteiger partial charge in [-0.1, -0.05) is 13.8 Å². The first-order valence-corrected chi connectivity index (χ1v) is 7.16. The number of hydrogen-bond acceptors (Lipinski definition) is 3. The Kier molecular flexibility index (Phi) is 3.82. The van der Waals surface area contributed by atoms with Crippen molar-refractivity contribution >= 4 is 48.6 Å². The van der Waals surface area contributed by atoms with Crippen LogP contribution in [0.1, 0.15) is 25.3 Å². The second-order valence-corrected chi connectivity index (χ2v) is 6.10. The van der Waals surface area contributed by atoms with E-state index in [4.69, 9.17) is 10.5 Å². The number of anilines is 1. The molecule has 0 bridgehead atoms. The molecule has 0 radical (unpaired) electrons. The Morgan fingerprint density at radius 2 is 1.89 bits per heavy atom. The molecule has 0 unspecified atom stereocenters. The summed E-state index contributed by atoms with van der Waals surface area (Å²) in [5.74, 6) is 1.68. The maximum Gasteiger partial charge on any atom is 0.142 e. The number of nitrogens with two attached hydrogens (primary N) is 1. The van der Waals surface area contributed by atoms with Gasteiger partial charge in [-0.3, -0.25) is 0 Å². The maximum atomic E-state index is 6.00. The summed E-state index contributed by atoms with van der Waals surface area (Å²) in [6, 6.07) is 3.97. The van der Waals surface area contributed by atoms with Crippen molar-refractivity contribution in [3.63, 3.8) is 0 Å². The molecule has 3 nitrogen and oxygen atoms in total. The number of hydrogen-bond donors (Lipinski definition) is 1. The number of halogens is 2. The number of nitrogens with zero attached hydrogens (tertiary/aromatic N) is 1. The summed E-state index contributed by atoms with van der Waals surface area (Å²) in [7, 11) is 1.65. The van der Waals surface area contributed by atoms with Crippen LogP contribution in [0.25, 0.3) is 10.9 Å². The number of pyridine rings is 1. The van der Waals surface area contributed by atoms with Gasteiger partial charge in [-0.2, -0.15) is 0 Å². The molecular weight excluding hydrogens is 360 g/mol. The van der Waals surface area contributed by atoms with Crippen molar-refractivity contribution in [2.45, 2.75) is 19.8 Å². The standard InChI is InChI=1S/C13H14Br2N2O/c1-6(2)7-4-8-11(17-13(7)16)9(14)5-10(15)12(8)18-3/h4-6H,1-3H3,(H2,16,17). The molecule has 2 aromatic rings. The van der Waals surface area contributed by atoms with Gasteiger partial charge < -0.3 is 10.5 Å². The topological polar surface area (TPSA) is 48.1 Å². The molecule has 1 heterocycles. The summed E-state index contributed by atoms with van der Waals surface area (Å²) in [5.41, 5.74) is 7.85. The van der Waals surface area contributed by atoms with Gasteiger partial charge in [0.05, 0.1) is 17.1 Å². The Morgan fingerprint density at radius 3 is 2.44 bits per heavy atom. The first kappa shape index (κ1) is 13.6. The van der Waals surface area contributed by atoms with Gasteiger partial charge in [0.2, 0.25) is 0 Å². The van der Waals surface area contributed by atoms with E-state index in [0.29, 0.717) is 11.7 Å². The van der Waals surface area contributed by atoms with Crippen molar-refractivity contribution < 1.29 is 4.74 Å². The lowest BCUT2D eigenvalue weighted by Gasteiger charge is -2.14. The quantitative estimate of drug-likeness (QED) is 0.844. The number of methoxy groups -OCH3 is 1. The van der Waals surface area contributed by atoms with Gasteiger partial charge in [0.25, 0.3) is 0 Å². The van der Waals surface area contributed by atoms with Crippen LogP contribution in [-0.4, -0.2) is 12.1 Å². The average Bonchev–Trinajstić information content (AvgIpc) is 2.29. The molecule has 1 aromatic heterocycles. The van der Waals surface area contributed by atoms with E-state index < -0.39 is 0 Å². The number of nitrogen functional groups attached to an aromatic ring is 1. The molecule has 18 heavy (non-hydrogen) atoms. The molecule has 0 aliphatic heterocycles. The number of benzene rings is 1. The fraction of sp³-hybridized carbons (Fsp3) is 0.308. The second kappa shape index (κ2) is 5.05. The van der Waals surface area contributed by atoms with Crippen LogP contribution in [-0.2, 0) is 0 Å². The predicted octanol–water partition coefficient (Wildman–Crippen LogP) is 4.47. The fourth-order valence-corrected chi connectivity index (χ4v) is 3.38. The number of ether oxygens (including phenoxy) is 1. The summed E-state index contributed by atoms with van der Waals surface area (Å²) in [6.07, 6.45) is 0. The smallest absolute Gasteiger partial charge is 0.142 e. The minimum atomic E-state index is 0.323. The van der Waals surface area contributed by atoms with Gasteiger partial charge in [0, 0.05) is 9.86 Å². The van der Waals surface area contributed by atoms with Gasteiger partial charge in [-0.05, 0) is 55.5 Å². The lowest BCUT2D eigenvalue weighted by atomic mass is 10.0. The summed E-state index contributed by atoms with van der Waals surface area (Å²) >= 11 is 7.00. The SMILES string of the molecule is COc1c(Br)cc(Br)c2nc(N)c(C(C)C)cc12. The highest BCUT2D eigenvalue weighted by atomic mass is 79.9. The zero-order chi connectivity index (χ0) is 13.4. The van der Waals surface area contributed by atoms with E-state index in [-0.39, 0.29) is 0 Å². The van der Waals surface area contributed by atoms with Gasteiger partial charge in [0.15, 0.2) is 0 Å². The van der Waals surface area contributed by atoms with Crippen molar-refractivity contribution in [2.24, 2.45) is 0 Å². The maximum absolute atomic E-state index is 6.00. The van der Waals surface area contributed by atoms with E-state index in [1.165, 1.54) is 0 Å². The largest absolute Gasteiger partial charge is 0.495 e. The predicted molar refractivity (Wildman–Crippen MR) is 82.2 cm³/mol. The number of rotatable bonds is 2. The Labute approximate surface area is 123 Å². The molecule has 0 aliphatic rings. The number of aromatic nitrogens is 1. The molecule has 0 fully saturated rings. The summed E-state index contributed by atoms with van der Waals surface area (Å²) in [6.45, 7) is 4.19. The van der Waals surface area contributed by atoms with Crippen LogP contribution < -0.4 is 10.5 Å². The van der Waals surface area contributed by atoms with Crippen LogP contribution in [0.2, 0.25) is 0 Å². The zero-order valence-electron chi connectivity index (χ0n) is 10.4. The van der Waals surface area contributed by atoms with Gasteiger partial charge >= 0.3 is 0 Å². The molecule has 0 saturated heterocycles. The van der Waals surface area contributed by atoms with Crippen LogP contribution in [0, 0.1) is 0 Å². The highest BCUT2D eigenvalue weighted by Gasteiger charge is 2.15. The lowest BCUT2D eigenvalue weighted by molar-refractivity contribution is 0.417.